The quantitative estimate of drug-likeness (QED) is 0.621. The Bertz CT molecular complexity index is 500. The van der Waals surface area contributed by atoms with Gasteiger partial charge in [0, 0.05) is 6.07 Å². The molecule has 1 aromatic rings. The van der Waals surface area contributed by atoms with E-state index in [0.717, 1.165) is 5.57 Å². The number of ether oxygens (including phenoxy) is 2. The summed E-state index contributed by atoms with van der Waals surface area (Å²) in [7, 11) is -2.61. The number of benzene rings is 1. The van der Waals surface area contributed by atoms with Crippen LogP contribution in [0.1, 0.15) is 19.4 Å². The third kappa shape index (κ3) is 6.43. The van der Waals surface area contributed by atoms with Gasteiger partial charge in [0.25, 0.3) is 0 Å². The van der Waals surface area contributed by atoms with E-state index in [9.17, 15) is 4.57 Å². The first kappa shape index (κ1) is 15.8. The van der Waals surface area contributed by atoms with Gasteiger partial charge in [0.15, 0.2) is 0 Å². The summed E-state index contributed by atoms with van der Waals surface area (Å²) in [5.74, 6) is 1.04. The summed E-state index contributed by atoms with van der Waals surface area (Å²) in [6, 6.07) is 4.88. The minimum atomic E-state index is -4.10. The Kier molecular flexibility index (Phi) is 5.60. The summed E-state index contributed by atoms with van der Waals surface area (Å²) in [4.78, 5) is 18.0. The molecule has 106 valence electrons. The van der Waals surface area contributed by atoms with Crippen LogP contribution in [0.15, 0.2) is 29.8 Å². The topological polar surface area (TPSA) is 76.0 Å². The number of rotatable bonds is 6. The molecule has 2 N–H and O–H groups in total. The van der Waals surface area contributed by atoms with Crippen molar-refractivity contribution in [3.8, 4) is 11.5 Å². The highest BCUT2D eigenvalue weighted by molar-refractivity contribution is 7.50. The van der Waals surface area contributed by atoms with E-state index >= 15 is 0 Å². The van der Waals surface area contributed by atoms with E-state index in [1.165, 1.54) is 7.11 Å². The normalized spacial score (nSPS) is 11.0. The van der Waals surface area contributed by atoms with Crippen molar-refractivity contribution in [3.05, 3.63) is 35.4 Å². The van der Waals surface area contributed by atoms with Gasteiger partial charge in [-0.25, -0.2) is 0 Å². The van der Waals surface area contributed by atoms with Crippen molar-refractivity contribution < 1.29 is 23.8 Å². The summed E-state index contributed by atoms with van der Waals surface area (Å²) in [6.45, 7) is 4.34. The van der Waals surface area contributed by atoms with Crippen LogP contribution in [-0.2, 0) is 10.7 Å². The molecule has 0 saturated heterocycles. The minimum absolute atomic E-state index is 0.330. The fourth-order valence-electron chi connectivity index (χ4n) is 1.47. The molecule has 19 heavy (non-hydrogen) atoms. The van der Waals surface area contributed by atoms with Crippen LogP contribution in [0.2, 0.25) is 0 Å². The van der Waals surface area contributed by atoms with Gasteiger partial charge in [0.05, 0.1) is 13.3 Å². The van der Waals surface area contributed by atoms with Crippen molar-refractivity contribution >= 4 is 7.60 Å². The van der Waals surface area contributed by atoms with Gasteiger partial charge in [-0.2, -0.15) is 0 Å². The lowest BCUT2D eigenvalue weighted by atomic mass is 10.2. The highest BCUT2D eigenvalue weighted by atomic mass is 31.2. The molecule has 1 aromatic carbocycles. The van der Waals surface area contributed by atoms with Crippen molar-refractivity contribution in [1.29, 1.82) is 0 Å². The third-order valence-electron chi connectivity index (χ3n) is 2.31. The van der Waals surface area contributed by atoms with Gasteiger partial charge in [-0.15, -0.1) is 0 Å². The molecule has 0 aliphatic heterocycles. The van der Waals surface area contributed by atoms with Gasteiger partial charge in [-0.3, -0.25) is 4.57 Å². The van der Waals surface area contributed by atoms with Crippen LogP contribution in [0, 0.1) is 0 Å². The molecule has 5 nitrogen and oxygen atoms in total. The predicted octanol–water partition coefficient (Wildman–Crippen LogP) is 2.72. The molecule has 0 aromatic heterocycles. The number of hydrogen-bond acceptors (Lipinski definition) is 3. The zero-order chi connectivity index (χ0) is 14.5. The Balaban J connectivity index is 2.89. The SMILES string of the molecule is COc1cc(CP(=O)(O)O)cc(OCC=C(C)C)c1. The first-order valence-corrected chi connectivity index (χ1v) is 7.58. The zero-order valence-electron chi connectivity index (χ0n) is 11.3. The van der Waals surface area contributed by atoms with E-state index in [4.69, 9.17) is 19.3 Å². The van der Waals surface area contributed by atoms with Gasteiger partial charge in [-0.05, 0) is 37.6 Å². The maximum atomic E-state index is 11.0. The van der Waals surface area contributed by atoms with E-state index in [-0.39, 0.29) is 6.16 Å². The van der Waals surface area contributed by atoms with Gasteiger partial charge >= 0.3 is 7.60 Å². The van der Waals surface area contributed by atoms with Crippen molar-refractivity contribution in [2.45, 2.75) is 20.0 Å². The van der Waals surface area contributed by atoms with Crippen molar-refractivity contribution in [2.24, 2.45) is 0 Å². The lowest BCUT2D eigenvalue weighted by Crippen LogP contribution is -1.97. The summed E-state index contributed by atoms with van der Waals surface area (Å²) in [5.41, 5.74) is 1.62. The number of hydrogen-bond donors (Lipinski definition) is 2. The Morgan fingerprint density at radius 1 is 1.26 bits per heavy atom. The van der Waals surface area contributed by atoms with Crippen molar-refractivity contribution in [1.82, 2.24) is 0 Å². The van der Waals surface area contributed by atoms with E-state index < -0.39 is 7.60 Å². The molecule has 0 aliphatic rings. The van der Waals surface area contributed by atoms with Crippen LogP contribution in [0.25, 0.3) is 0 Å². The molecular formula is C13H19O5P. The molecule has 0 atom stereocenters. The van der Waals surface area contributed by atoms with E-state index in [1.807, 2.05) is 19.9 Å². The van der Waals surface area contributed by atoms with Gasteiger partial charge in [0.2, 0.25) is 0 Å². The molecule has 1 rings (SSSR count). The number of methoxy groups -OCH3 is 1. The van der Waals surface area contributed by atoms with Crippen molar-refractivity contribution in [2.75, 3.05) is 13.7 Å². The Morgan fingerprint density at radius 3 is 2.42 bits per heavy atom. The van der Waals surface area contributed by atoms with Gasteiger partial charge < -0.3 is 19.3 Å². The molecular weight excluding hydrogens is 267 g/mol. The van der Waals surface area contributed by atoms with Gasteiger partial charge in [0.1, 0.15) is 18.1 Å². The average molecular weight is 286 g/mol. The van der Waals surface area contributed by atoms with Crippen LogP contribution in [0.3, 0.4) is 0 Å². The second-order valence-electron chi connectivity index (χ2n) is 4.43. The second-order valence-corrected chi connectivity index (χ2v) is 6.08. The Labute approximate surface area is 113 Å². The lowest BCUT2D eigenvalue weighted by Gasteiger charge is -2.10. The molecule has 0 fully saturated rings. The highest BCUT2D eigenvalue weighted by Crippen LogP contribution is 2.40. The molecule has 0 spiro atoms. The van der Waals surface area contributed by atoms with Crippen LogP contribution in [0.4, 0.5) is 0 Å². The maximum Gasteiger partial charge on any atom is 0.329 e. The summed E-state index contributed by atoms with van der Waals surface area (Å²) in [6.07, 6.45) is 1.59. The van der Waals surface area contributed by atoms with E-state index in [1.54, 1.807) is 18.2 Å². The van der Waals surface area contributed by atoms with E-state index in [0.29, 0.717) is 23.7 Å². The fourth-order valence-corrected chi connectivity index (χ4v) is 2.12. The average Bonchev–Trinajstić information content (AvgIpc) is 2.25. The zero-order valence-corrected chi connectivity index (χ0v) is 12.2. The first-order valence-electron chi connectivity index (χ1n) is 5.79. The standard InChI is InChI=1S/C13H19O5P/c1-10(2)4-5-18-13-7-11(9-19(14,15)16)6-12(8-13)17-3/h4,6-8H,5,9H2,1-3H3,(H2,14,15,16). The highest BCUT2D eigenvalue weighted by Gasteiger charge is 2.15. The molecule has 0 radical (unpaired) electrons. The van der Waals surface area contributed by atoms with Crippen molar-refractivity contribution in [3.63, 3.8) is 0 Å². The molecule has 0 unspecified atom stereocenters. The number of allylic oxidation sites excluding steroid dienone is 1. The third-order valence-corrected chi connectivity index (χ3v) is 3.08. The maximum absolute atomic E-state index is 11.0. The molecule has 0 aliphatic carbocycles. The summed E-state index contributed by atoms with van der Waals surface area (Å²) < 4.78 is 21.6. The second kappa shape index (κ2) is 6.75. The largest absolute Gasteiger partial charge is 0.497 e. The summed E-state index contributed by atoms with van der Waals surface area (Å²) >= 11 is 0. The molecule has 0 heterocycles. The molecule has 0 amide bonds. The molecule has 0 saturated carbocycles. The van der Waals surface area contributed by atoms with Crippen LogP contribution >= 0.6 is 7.60 Å². The Morgan fingerprint density at radius 2 is 1.89 bits per heavy atom. The molecule has 6 heteroatoms. The van der Waals surface area contributed by atoms with E-state index in [2.05, 4.69) is 0 Å². The van der Waals surface area contributed by atoms with Crippen LogP contribution in [-0.4, -0.2) is 23.5 Å². The first-order chi connectivity index (χ1) is 8.80. The lowest BCUT2D eigenvalue weighted by molar-refractivity contribution is 0.355. The smallest absolute Gasteiger partial charge is 0.329 e. The summed E-state index contributed by atoms with van der Waals surface area (Å²) in [5, 5.41) is 0. The molecule has 0 bridgehead atoms. The Hall–Kier alpha value is -1.29. The monoisotopic (exact) mass is 286 g/mol. The van der Waals surface area contributed by atoms with Crippen LogP contribution < -0.4 is 9.47 Å². The predicted molar refractivity (Wildman–Crippen MR) is 73.7 cm³/mol. The fraction of sp³-hybridized carbons (Fsp3) is 0.385. The van der Waals surface area contributed by atoms with Gasteiger partial charge in [-0.1, -0.05) is 5.57 Å². The van der Waals surface area contributed by atoms with Crippen LogP contribution in [0.5, 0.6) is 11.5 Å². The minimum Gasteiger partial charge on any atom is -0.497 e.